The summed E-state index contributed by atoms with van der Waals surface area (Å²) < 4.78 is 13.5. The second kappa shape index (κ2) is 10.5. The average Bonchev–Trinajstić information content (AvgIpc) is 3.12. The van der Waals surface area contributed by atoms with E-state index in [2.05, 4.69) is 32.0 Å². The monoisotopic (exact) mass is 516 g/mol. The minimum Gasteiger partial charge on any atom is -0.493 e. The quantitative estimate of drug-likeness (QED) is 0.175. The number of aromatic nitrogens is 3. The molecule has 0 saturated heterocycles. The van der Waals surface area contributed by atoms with E-state index in [-0.39, 0.29) is 18.1 Å². The molecule has 0 unspecified atom stereocenters. The lowest BCUT2D eigenvalue weighted by atomic mass is 10.1. The smallest absolute Gasteiger partial charge is 0.220 e. The topological polar surface area (TPSA) is 92.3 Å². The molecule has 0 aliphatic heterocycles. The van der Waals surface area contributed by atoms with Gasteiger partial charge in [0.15, 0.2) is 16.7 Å². The van der Waals surface area contributed by atoms with E-state index >= 15 is 0 Å². The number of rotatable bonds is 9. The van der Waals surface area contributed by atoms with Gasteiger partial charge in [0.05, 0.1) is 11.6 Å². The molecule has 32 heavy (non-hydrogen) atoms. The molecule has 0 saturated carbocycles. The zero-order valence-electron chi connectivity index (χ0n) is 17.7. The largest absolute Gasteiger partial charge is 0.493 e. The van der Waals surface area contributed by atoms with E-state index in [9.17, 15) is 10.1 Å². The fraction of sp³-hybridized carbons (Fsp3) is 0.273. The second-order valence-corrected chi connectivity index (χ2v) is 8.87. The molecule has 3 aromatic rings. The number of nitrogens with zero attached hydrogens (tertiary/aromatic N) is 4. The first-order chi connectivity index (χ1) is 15.3. The summed E-state index contributed by atoms with van der Waals surface area (Å²) in [5.41, 5.74) is 2.70. The molecule has 3 rings (SSSR count). The van der Waals surface area contributed by atoms with Gasteiger partial charge in [0.1, 0.15) is 17.7 Å². The van der Waals surface area contributed by atoms with Crippen LogP contribution in [-0.2, 0) is 0 Å². The van der Waals surface area contributed by atoms with Crippen LogP contribution in [0.4, 0.5) is 0 Å². The Hall–Kier alpha value is -3.03. The maximum atomic E-state index is 11.5. The Labute approximate surface area is 198 Å². The number of hydrogen-bond donors (Lipinski definition) is 0. The fourth-order valence-electron chi connectivity index (χ4n) is 3.06. The van der Waals surface area contributed by atoms with Crippen LogP contribution < -0.4 is 9.47 Å². The van der Waals surface area contributed by atoms with Gasteiger partial charge in [0, 0.05) is 10.6 Å². The summed E-state index contributed by atoms with van der Waals surface area (Å²) in [5.74, 6) is 3.96. The summed E-state index contributed by atoms with van der Waals surface area (Å²) in [6, 6.07) is 11.4. The van der Waals surface area contributed by atoms with E-state index in [1.54, 1.807) is 12.1 Å². The number of halogens is 1. The van der Waals surface area contributed by atoms with Gasteiger partial charge in [0.2, 0.25) is 6.54 Å². The third-order valence-corrected chi connectivity index (χ3v) is 6.34. The normalized spacial score (nSPS) is 11.6. The standard InChI is InChI=1S/C22H21BrN4O4S/c1-5-10-31-21-18(23)11-16(12-19(21)30-4)20(13-26(28)29)32-22-25-24-15(3)27(22)17-8-6-14(2)7-9-17/h1,6-9,11-12,20H,10,13H2,2-4H3/t20-/m0/s1. The Morgan fingerprint density at radius 3 is 2.62 bits per heavy atom. The van der Waals surface area contributed by atoms with Crippen molar-refractivity contribution >= 4 is 27.7 Å². The number of nitro groups is 1. The lowest BCUT2D eigenvalue weighted by Gasteiger charge is -2.17. The van der Waals surface area contributed by atoms with Gasteiger partial charge >= 0.3 is 0 Å². The van der Waals surface area contributed by atoms with Crippen LogP contribution in [0.1, 0.15) is 22.2 Å². The minimum absolute atomic E-state index is 0.0698. The van der Waals surface area contributed by atoms with Crippen LogP contribution >= 0.6 is 27.7 Å². The summed E-state index contributed by atoms with van der Waals surface area (Å²) in [6.45, 7) is 3.61. The molecule has 0 fully saturated rings. The summed E-state index contributed by atoms with van der Waals surface area (Å²) in [5, 5.41) is 19.9. The maximum absolute atomic E-state index is 11.5. The van der Waals surface area contributed by atoms with Crippen LogP contribution in [0.3, 0.4) is 0 Å². The Balaban J connectivity index is 2.01. The van der Waals surface area contributed by atoms with Crippen molar-refractivity contribution in [1.82, 2.24) is 14.8 Å². The number of hydrogen-bond acceptors (Lipinski definition) is 7. The Bertz CT molecular complexity index is 1160. The van der Waals surface area contributed by atoms with Gasteiger partial charge in [-0.15, -0.1) is 16.6 Å². The summed E-state index contributed by atoms with van der Waals surface area (Å²) in [7, 11) is 1.50. The number of aryl methyl sites for hydroxylation is 2. The van der Waals surface area contributed by atoms with E-state index < -0.39 is 5.25 Å². The predicted molar refractivity (Wildman–Crippen MR) is 126 cm³/mol. The van der Waals surface area contributed by atoms with Crippen LogP contribution in [0.5, 0.6) is 11.5 Å². The lowest BCUT2D eigenvalue weighted by Crippen LogP contribution is -2.12. The van der Waals surface area contributed by atoms with Crippen molar-refractivity contribution in [1.29, 1.82) is 0 Å². The summed E-state index contributed by atoms with van der Waals surface area (Å²) >= 11 is 4.73. The molecule has 0 radical (unpaired) electrons. The number of methoxy groups -OCH3 is 1. The van der Waals surface area contributed by atoms with E-state index in [0.29, 0.717) is 32.5 Å². The van der Waals surface area contributed by atoms with E-state index in [1.165, 1.54) is 18.9 Å². The minimum atomic E-state index is -0.551. The third-order valence-electron chi connectivity index (χ3n) is 4.57. The van der Waals surface area contributed by atoms with Gasteiger partial charge < -0.3 is 9.47 Å². The highest BCUT2D eigenvalue weighted by molar-refractivity contribution is 9.10. The first-order valence-corrected chi connectivity index (χ1v) is 11.2. The molecule has 0 bridgehead atoms. The first kappa shape index (κ1) is 23.6. The molecule has 0 amide bonds. The molecular formula is C22H21BrN4O4S. The van der Waals surface area contributed by atoms with Gasteiger partial charge in [-0.3, -0.25) is 14.7 Å². The van der Waals surface area contributed by atoms with Gasteiger partial charge in [0.25, 0.3) is 0 Å². The molecule has 166 valence electrons. The Kier molecular flexibility index (Phi) is 7.77. The fourth-order valence-corrected chi connectivity index (χ4v) is 4.79. The van der Waals surface area contributed by atoms with Gasteiger partial charge in [-0.25, -0.2) is 0 Å². The average molecular weight is 517 g/mol. The van der Waals surface area contributed by atoms with Crippen molar-refractivity contribution in [2.24, 2.45) is 0 Å². The highest BCUT2D eigenvalue weighted by Gasteiger charge is 2.26. The van der Waals surface area contributed by atoms with E-state index in [1.807, 2.05) is 42.7 Å². The van der Waals surface area contributed by atoms with Crippen molar-refractivity contribution in [3.8, 4) is 29.5 Å². The molecule has 0 aliphatic carbocycles. The molecule has 10 heteroatoms. The SMILES string of the molecule is C#CCOc1c(Br)cc([C@H](C[N+](=O)[O-])Sc2nnc(C)n2-c2ccc(C)cc2)cc1OC. The Morgan fingerprint density at radius 1 is 1.28 bits per heavy atom. The number of benzene rings is 2. The van der Waals surface area contributed by atoms with Gasteiger partial charge in [-0.05, 0) is 59.6 Å². The Morgan fingerprint density at radius 2 is 2.00 bits per heavy atom. The number of thioether (sulfide) groups is 1. The summed E-state index contributed by atoms with van der Waals surface area (Å²) in [4.78, 5) is 11.1. The second-order valence-electron chi connectivity index (χ2n) is 6.85. The van der Waals surface area contributed by atoms with Crippen LogP contribution in [0.25, 0.3) is 5.69 Å². The molecule has 0 aliphatic rings. The third kappa shape index (κ3) is 5.41. The number of ether oxygens (including phenoxy) is 2. The van der Waals surface area contributed by atoms with Crippen molar-refractivity contribution in [2.45, 2.75) is 24.3 Å². The molecule has 0 spiro atoms. The van der Waals surface area contributed by atoms with Gasteiger partial charge in [-0.2, -0.15) is 0 Å². The lowest BCUT2D eigenvalue weighted by molar-refractivity contribution is -0.479. The highest BCUT2D eigenvalue weighted by Crippen LogP contribution is 2.43. The molecule has 2 aromatic carbocycles. The molecule has 8 nitrogen and oxygen atoms in total. The van der Waals surface area contributed by atoms with Crippen molar-refractivity contribution in [3.63, 3.8) is 0 Å². The first-order valence-electron chi connectivity index (χ1n) is 9.55. The maximum Gasteiger partial charge on any atom is 0.220 e. The highest BCUT2D eigenvalue weighted by atomic mass is 79.9. The van der Waals surface area contributed by atoms with Crippen molar-refractivity contribution in [2.75, 3.05) is 20.3 Å². The molecule has 0 N–H and O–H groups in total. The van der Waals surface area contributed by atoms with E-state index in [0.717, 1.165) is 11.3 Å². The van der Waals surface area contributed by atoms with E-state index in [4.69, 9.17) is 15.9 Å². The van der Waals surface area contributed by atoms with Crippen LogP contribution in [0.2, 0.25) is 0 Å². The van der Waals surface area contributed by atoms with Gasteiger partial charge in [-0.1, -0.05) is 35.4 Å². The zero-order valence-corrected chi connectivity index (χ0v) is 20.1. The molecule has 1 atom stereocenters. The van der Waals surface area contributed by atoms with Crippen molar-refractivity contribution in [3.05, 3.63) is 67.9 Å². The molecule has 1 aromatic heterocycles. The predicted octanol–water partition coefficient (Wildman–Crippen LogP) is 4.78. The zero-order chi connectivity index (χ0) is 23.3. The van der Waals surface area contributed by atoms with Crippen molar-refractivity contribution < 1.29 is 14.4 Å². The summed E-state index contributed by atoms with van der Waals surface area (Å²) in [6.07, 6.45) is 5.28. The molecule has 1 heterocycles. The van der Waals surface area contributed by atoms with Crippen LogP contribution in [-0.4, -0.2) is 39.9 Å². The van der Waals surface area contributed by atoms with Crippen LogP contribution in [0, 0.1) is 36.3 Å². The number of terminal acetylenes is 1. The van der Waals surface area contributed by atoms with Crippen LogP contribution in [0.15, 0.2) is 46.0 Å². The molecular weight excluding hydrogens is 496 g/mol.